The van der Waals surface area contributed by atoms with Gasteiger partial charge in [0.2, 0.25) is 5.91 Å². The Hall–Kier alpha value is -1.92. The largest absolute Gasteiger partial charge is 0.490 e. The number of halogens is 2. The van der Waals surface area contributed by atoms with Crippen LogP contribution in [-0.4, -0.2) is 38.1 Å². The Morgan fingerprint density at radius 2 is 1.96 bits per heavy atom. The number of rotatable bonds is 9. The number of nitrogens with zero attached hydrogens (tertiary/aromatic N) is 1. The van der Waals surface area contributed by atoms with Crippen LogP contribution in [0.15, 0.2) is 46.9 Å². The predicted molar refractivity (Wildman–Crippen MR) is 106 cm³/mol. The Kier molecular flexibility index (Phi) is 8.06. The molecular formula is C20H24BrFN2O2. The first-order valence-electron chi connectivity index (χ1n) is 8.56. The van der Waals surface area contributed by atoms with Crippen LogP contribution in [0.25, 0.3) is 0 Å². The summed E-state index contributed by atoms with van der Waals surface area (Å²) in [6.45, 7) is 1.17. The molecule has 0 aliphatic carbocycles. The predicted octanol–water partition coefficient (Wildman–Crippen LogP) is 4.49. The lowest BCUT2D eigenvalue weighted by molar-refractivity contribution is -0.116. The lowest BCUT2D eigenvalue weighted by atomic mass is 10.1. The van der Waals surface area contributed by atoms with Gasteiger partial charge in [0.1, 0.15) is 18.2 Å². The summed E-state index contributed by atoms with van der Waals surface area (Å²) in [5.74, 6) is -0.138. The lowest BCUT2D eigenvalue weighted by Crippen LogP contribution is -2.20. The summed E-state index contributed by atoms with van der Waals surface area (Å²) >= 11 is 3.16. The fourth-order valence-corrected chi connectivity index (χ4v) is 2.72. The second-order valence-electron chi connectivity index (χ2n) is 6.30. The number of hydrogen-bond acceptors (Lipinski definition) is 3. The minimum atomic E-state index is -0.440. The van der Waals surface area contributed by atoms with Crippen LogP contribution in [0.4, 0.5) is 10.1 Å². The van der Waals surface area contributed by atoms with Gasteiger partial charge in [-0.05, 0) is 54.5 Å². The quantitative estimate of drug-likeness (QED) is 0.646. The van der Waals surface area contributed by atoms with Crippen molar-refractivity contribution in [2.45, 2.75) is 19.3 Å². The molecule has 1 N–H and O–H groups in total. The molecule has 0 fully saturated rings. The summed E-state index contributed by atoms with van der Waals surface area (Å²) < 4.78 is 19.9. The van der Waals surface area contributed by atoms with Crippen molar-refractivity contribution in [3.63, 3.8) is 0 Å². The molecule has 2 aromatic rings. The molecule has 140 valence electrons. The molecule has 2 rings (SSSR count). The summed E-state index contributed by atoms with van der Waals surface area (Å²) in [5.41, 5.74) is 1.55. The molecule has 0 aliphatic rings. The van der Waals surface area contributed by atoms with Crippen LogP contribution >= 0.6 is 15.9 Å². The molecule has 0 aliphatic heterocycles. The zero-order valence-electron chi connectivity index (χ0n) is 15.1. The van der Waals surface area contributed by atoms with E-state index in [0.717, 1.165) is 19.4 Å². The van der Waals surface area contributed by atoms with Crippen molar-refractivity contribution < 1.29 is 13.9 Å². The topological polar surface area (TPSA) is 41.6 Å². The zero-order chi connectivity index (χ0) is 18.9. The monoisotopic (exact) mass is 422 g/mol. The molecule has 0 unspecified atom stereocenters. The van der Waals surface area contributed by atoms with E-state index < -0.39 is 5.82 Å². The molecule has 0 aromatic heterocycles. The molecule has 2 aromatic carbocycles. The van der Waals surface area contributed by atoms with Gasteiger partial charge in [0, 0.05) is 19.0 Å². The number of hydrogen-bond donors (Lipinski definition) is 1. The minimum absolute atomic E-state index is 0.153. The Labute approximate surface area is 162 Å². The number of ether oxygens (including phenoxy) is 1. The first kappa shape index (κ1) is 20.4. The maximum atomic E-state index is 13.9. The van der Waals surface area contributed by atoms with E-state index in [9.17, 15) is 9.18 Å². The first-order valence-corrected chi connectivity index (χ1v) is 9.35. The second kappa shape index (κ2) is 10.3. The molecule has 0 heterocycles. The summed E-state index contributed by atoms with van der Waals surface area (Å²) in [6.07, 6.45) is 1.92. The third-order valence-electron chi connectivity index (χ3n) is 3.80. The Morgan fingerprint density at radius 1 is 1.23 bits per heavy atom. The number of likely N-dealkylation sites (N-methyl/N-ethyl adjacent to an activating group) is 1. The highest BCUT2D eigenvalue weighted by molar-refractivity contribution is 9.10. The van der Waals surface area contributed by atoms with E-state index >= 15 is 0 Å². The van der Waals surface area contributed by atoms with Crippen LogP contribution in [0.2, 0.25) is 0 Å². The normalized spacial score (nSPS) is 10.8. The number of anilines is 1. The van der Waals surface area contributed by atoms with Gasteiger partial charge in [0.15, 0.2) is 0 Å². The van der Waals surface area contributed by atoms with E-state index in [0.29, 0.717) is 28.9 Å². The van der Waals surface area contributed by atoms with Crippen molar-refractivity contribution in [3.8, 4) is 5.75 Å². The van der Waals surface area contributed by atoms with Gasteiger partial charge in [-0.2, -0.15) is 0 Å². The summed E-state index contributed by atoms with van der Waals surface area (Å²) in [6, 6.07) is 12.8. The number of aryl methyl sites for hydroxylation is 1. The van der Waals surface area contributed by atoms with Gasteiger partial charge in [-0.1, -0.05) is 30.3 Å². The van der Waals surface area contributed by atoms with Gasteiger partial charge in [-0.15, -0.1) is 0 Å². The van der Waals surface area contributed by atoms with Gasteiger partial charge in [0.05, 0.1) is 10.2 Å². The van der Waals surface area contributed by atoms with Gasteiger partial charge in [0.25, 0.3) is 0 Å². The van der Waals surface area contributed by atoms with Gasteiger partial charge in [-0.3, -0.25) is 4.79 Å². The molecule has 0 atom stereocenters. The Bertz CT molecular complexity index is 723. The highest BCUT2D eigenvalue weighted by Crippen LogP contribution is 2.31. The first-order chi connectivity index (χ1) is 12.5. The molecule has 26 heavy (non-hydrogen) atoms. The van der Waals surface area contributed by atoms with E-state index in [1.165, 1.54) is 11.6 Å². The van der Waals surface area contributed by atoms with Crippen molar-refractivity contribution in [3.05, 3.63) is 58.3 Å². The summed E-state index contributed by atoms with van der Waals surface area (Å²) in [4.78, 5) is 14.2. The molecule has 4 nitrogen and oxygen atoms in total. The number of benzene rings is 2. The fourth-order valence-electron chi connectivity index (χ4n) is 2.39. The van der Waals surface area contributed by atoms with E-state index in [4.69, 9.17) is 4.74 Å². The van der Waals surface area contributed by atoms with Crippen molar-refractivity contribution in [1.82, 2.24) is 4.90 Å². The molecule has 0 saturated carbocycles. The Morgan fingerprint density at radius 3 is 2.65 bits per heavy atom. The molecular weight excluding hydrogens is 399 g/mol. The molecule has 0 saturated heterocycles. The summed E-state index contributed by atoms with van der Waals surface area (Å²) in [5, 5.41) is 2.76. The minimum Gasteiger partial charge on any atom is -0.490 e. The van der Waals surface area contributed by atoms with Crippen LogP contribution in [0, 0.1) is 5.82 Å². The highest BCUT2D eigenvalue weighted by atomic mass is 79.9. The average molecular weight is 423 g/mol. The van der Waals surface area contributed by atoms with E-state index in [1.807, 2.05) is 49.3 Å². The maximum absolute atomic E-state index is 13.9. The van der Waals surface area contributed by atoms with Crippen molar-refractivity contribution >= 4 is 27.5 Å². The van der Waals surface area contributed by atoms with Crippen LogP contribution in [0.3, 0.4) is 0 Å². The number of nitrogens with one attached hydrogen (secondary N) is 1. The standard InChI is InChI=1S/C20H24BrFN2O2/c1-24(2)11-12-26-19-13-16(21)17(22)14-18(19)23-20(25)10-6-9-15-7-4-3-5-8-15/h3-5,7-8,13-14H,6,9-12H2,1-2H3,(H,23,25). The maximum Gasteiger partial charge on any atom is 0.224 e. The summed E-state index contributed by atoms with van der Waals surface area (Å²) in [7, 11) is 3.89. The molecule has 0 bridgehead atoms. The molecule has 0 radical (unpaired) electrons. The van der Waals surface area contributed by atoms with E-state index in [-0.39, 0.29) is 5.91 Å². The van der Waals surface area contributed by atoms with E-state index in [1.54, 1.807) is 6.07 Å². The van der Waals surface area contributed by atoms with Crippen molar-refractivity contribution in [2.24, 2.45) is 0 Å². The fraction of sp³-hybridized carbons (Fsp3) is 0.350. The smallest absolute Gasteiger partial charge is 0.224 e. The average Bonchev–Trinajstić information content (AvgIpc) is 2.59. The van der Waals surface area contributed by atoms with Gasteiger partial charge >= 0.3 is 0 Å². The SMILES string of the molecule is CN(C)CCOc1cc(Br)c(F)cc1NC(=O)CCCc1ccccc1. The number of carbonyl (C=O) groups excluding carboxylic acids is 1. The van der Waals surface area contributed by atoms with Crippen LogP contribution in [-0.2, 0) is 11.2 Å². The van der Waals surface area contributed by atoms with Crippen molar-refractivity contribution in [1.29, 1.82) is 0 Å². The van der Waals surface area contributed by atoms with Gasteiger partial charge in [-0.25, -0.2) is 4.39 Å². The number of carbonyl (C=O) groups is 1. The van der Waals surface area contributed by atoms with Gasteiger partial charge < -0.3 is 15.0 Å². The molecule has 6 heteroatoms. The van der Waals surface area contributed by atoms with Crippen LogP contribution in [0.1, 0.15) is 18.4 Å². The second-order valence-corrected chi connectivity index (χ2v) is 7.16. The lowest BCUT2D eigenvalue weighted by Gasteiger charge is -2.15. The molecule has 1 amide bonds. The number of amides is 1. The van der Waals surface area contributed by atoms with Crippen LogP contribution in [0.5, 0.6) is 5.75 Å². The zero-order valence-corrected chi connectivity index (χ0v) is 16.7. The third kappa shape index (κ3) is 6.77. The Balaban J connectivity index is 1.93. The highest BCUT2D eigenvalue weighted by Gasteiger charge is 2.13. The third-order valence-corrected chi connectivity index (χ3v) is 4.41. The molecule has 0 spiro atoms. The van der Waals surface area contributed by atoms with E-state index in [2.05, 4.69) is 21.2 Å². The van der Waals surface area contributed by atoms with Crippen LogP contribution < -0.4 is 10.1 Å². The van der Waals surface area contributed by atoms with Crippen molar-refractivity contribution in [2.75, 3.05) is 32.6 Å².